The van der Waals surface area contributed by atoms with Gasteiger partial charge in [0, 0.05) is 19.0 Å². The number of ether oxygens (including phenoxy) is 3. The molecule has 1 atom stereocenters. The first-order valence-electron chi connectivity index (χ1n) is 11.2. The number of hydrazine groups is 1. The van der Waals surface area contributed by atoms with Crippen molar-refractivity contribution in [2.24, 2.45) is 0 Å². The Morgan fingerprint density at radius 3 is 2.35 bits per heavy atom. The van der Waals surface area contributed by atoms with E-state index in [1.165, 1.54) is 0 Å². The van der Waals surface area contributed by atoms with E-state index in [0.717, 1.165) is 5.56 Å². The summed E-state index contributed by atoms with van der Waals surface area (Å²) < 4.78 is 15.2. The van der Waals surface area contributed by atoms with Crippen LogP contribution >= 0.6 is 0 Å². The van der Waals surface area contributed by atoms with Gasteiger partial charge in [0.05, 0.1) is 6.61 Å². The Kier molecular flexibility index (Phi) is 13.1. The highest BCUT2D eigenvalue weighted by atomic mass is 16.6. The molecule has 11 nitrogen and oxygen atoms in total. The van der Waals surface area contributed by atoms with Crippen LogP contribution in [0.25, 0.3) is 0 Å². The van der Waals surface area contributed by atoms with Gasteiger partial charge >= 0.3 is 18.2 Å². The second-order valence-corrected chi connectivity index (χ2v) is 8.38. The van der Waals surface area contributed by atoms with Crippen molar-refractivity contribution >= 4 is 24.1 Å². The minimum absolute atomic E-state index is 0.0620. The normalized spacial score (nSPS) is 11.6. The molecule has 1 aromatic rings. The number of alkyl carbamates (subject to hydrolysis) is 2. The van der Waals surface area contributed by atoms with Crippen molar-refractivity contribution in [3.63, 3.8) is 0 Å². The molecule has 34 heavy (non-hydrogen) atoms. The Morgan fingerprint density at radius 1 is 1.00 bits per heavy atom. The SMILES string of the molecule is CCOC(=O)CNNC(=O)C[C@H](CCCNC(=O)OCc1ccccc1)NC(=O)OC(C)(C)C. The number of esters is 1. The van der Waals surface area contributed by atoms with Gasteiger partial charge in [-0.05, 0) is 46.1 Å². The van der Waals surface area contributed by atoms with Crippen LogP contribution in [0.15, 0.2) is 30.3 Å². The zero-order chi connectivity index (χ0) is 25.4. The highest BCUT2D eigenvalue weighted by Gasteiger charge is 2.21. The first-order chi connectivity index (χ1) is 16.1. The molecule has 0 spiro atoms. The molecule has 4 N–H and O–H groups in total. The van der Waals surface area contributed by atoms with Crippen molar-refractivity contribution < 1.29 is 33.4 Å². The third kappa shape index (κ3) is 14.7. The summed E-state index contributed by atoms with van der Waals surface area (Å²) in [6, 6.07) is 8.75. The van der Waals surface area contributed by atoms with Gasteiger partial charge in [-0.15, -0.1) is 0 Å². The van der Waals surface area contributed by atoms with Crippen molar-refractivity contribution in [3.05, 3.63) is 35.9 Å². The Hall–Kier alpha value is -3.34. The third-order valence-electron chi connectivity index (χ3n) is 4.13. The van der Waals surface area contributed by atoms with Crippen LogP contribution in [0.1, 0.15) is 52.5 Å². The molecule has 3 amide bonds. The molecule has 0 aromatic heterocycles. The molecule has 0 unspecified atom stereocenters. The molecule has 0 saturated heterocycles. The van der Waals surface area contributed by atoms with Gasteiger partial charge in [-0.25, -0.2) is 15.0 Å². The Morgan fingerprint density at radius 2 is 1.71 bits per heavy atom. The number of hydrogen-bond donors (Lipinski definition) is 4. The standard InChI is InChI=1S/C23H36N4O7/c1-5-32-20(29)15-25-27-19(28)14-18(26-22(31)34-23(2,3)4)12-9-13-24-21(30)33-16-17-10-7-6-8-11-17/h6-8,10-11,18,25H,5,9,12-16H2,1-4H3,(H,24,30)(H,26,31)(H,27,28)/t18-/m0/s1. The fraction of sp³-hybridized carbons (Fsp3) is 0.565. The summed E-state index contributed by atoms with van der Waals surface area (Å²) in [5, 5.41) is 5.32. The van der Waals surface area contributed by atoms with E-state index in [-0.39, 0.29) is 26.2 Å². The summed E-state index contributed by atoms with van der Waals surface area (Å²) in [4.78, 5) is 47.6. The van der Waals surface area contributed by atoms with E-state index in [1.807, 2.05) is 30.3 Å². The Balaban J connectivity index is 2.44. The lowest BCUT2D eigenvalue weighted by atomic mass is 10.1. The van der Waals surface area contributed by atoms with Gasteiger partial charge in [0.1, 0.15) is 18.8 Å². The lowest BCUT2D eigenvalue weighted by Crippen LogP contribution is -2.46. The number of carbonyl (C=O) groups is 4. The molecular weight excluding hydrogens is 444 g/mol. The molecule has 190 valence electrons. The zero-order valence-corrected chi connectivity index (χ0v) is 20.3. The van der Waals surface area contributed by atoms with Crippen molar-refractivity contribution in [3.8, 4) is 0 Å². The first kappa shape index (κ1) is 28.7. The summed E-state index contributed by atoms with van der Waals surface area (Å²) in [5.41, 5.74) is 5.06. The van der Waals surface area contributed by atoms with E-state index >= 15 is 0 Å². The molecule has 0 heterocycles. The van der Waals surface area contributed by atoms with Gasteiger partial charge in [0.25, 0.3) is 0 Å². The van der Waals surface area contributed by atoms with Gasteiger partial charge in [0.2, 0.25) is 5.91 Å². The second-order valence-electron chi connectivity index (χ2n) is 8.38. The van der Waals surface area contributed by atoms with Crippen LogP contribution in [0.5, 0.6) is 0 Å². The van der Waals surface area contributed by atoms with Gasteiger partial charge < -0.3 is 24.8 Å². The average molecular weight is 481 g/mol. The van der Waals surface area contributed by atoms with E-state index in [0.29, 0.717) is 19.4 Å². The maximum absolute atomic E-state index is 12.2. The molecule has 0 fully saturated rings. The smallest absolute Gasteiger partial charge is 0.407 e. The molecule has 0 aliphatic carbocycles. The number of amides is 3. The average Bonchev–Trinajstić information content (AvgIpc) is 2.74. The monoisotopic (exact) mass is 480 g/mol. The molecule has 0 bridgehead atoms. The molecule has 0 radical (unpaired) electrons. The largest absolute Gasteiger partial charge is 0.465 e. The van der Waals surface area contributed by atoms with E-state index < -0.39 is 35.7 Å². The first-order valence-corrected chi connectivity index (χ1v) is 11.2. The summed E-state index contributed by atoms with van der Waals surface area (Å²) in [6.45, 7) is 7.40. The molecule has 0 aliphatic heterocycles. The predicted molar refractivity (Wildman–Crippen MR) is 124 cm³/mol. The topological polar surface area (TPSA) is 144 Å². The van der Waals surface area contributed by atoms with Crippen molar-refractivity contribution in [2.75, 3.05) is 19.7 Å². The van der Waals surface area contributed by atoms with Crippen LogP contribution in [0, 0.1) is 0 Å². The number of nitrogens with one attached hydrogen (secondary N) is 4. The number of carbonyl (C=O) groups excluding carboxylic acids is 4. The van der Waals surface area contributed by atoms with Crippen molar-refractivity contribution in [1.29, 1.82) is 0 Å². The molecule has 0 saturated carbocycles. The number of hydrogen-bond acceptors (Lipinski definition) is 8. The molecular formula is C23H36N4O7. The highest BCUT2D eigenvalue weighted by Crippen LogP contribution is 2.09. The highest BCUT2D eigenvalue weighted by molar-refractivity contribution is 5.78. The summed E-state index contributed by atoms with van der Waals surface area (Å²) in [6.07, 6.45) is -0.400. The fourth-order valence-electron chi connectivity index (χ4n) is 2.71. The van der Waals surface area contributed by atoms with E-state index in [4.69, 9.17) is 14.2 Å². The van der Waals surface area contributed by atoms with E-state index in [2.05, 4.69) is 21.5 Å². The Bertz CT molecular complexity index is 781. The van der Waals surface area contributed by atoms with Gasteiger partial charge in [-0.2, -0.15) is 0 Å². The van der Waals surface area contributed by atoms with Crippen LogP contribution < -0.4 is 21.5 Å². The van der Waals surface area contributed by atoms with Gasteiger partial charge in [0.15, 0.2) is 0 Å². The number of benzene rings is 1. The van der Waals surface area contributed by atoms with E-state index in [1.54, 1.807) is 27.7 Å². The molecule has 0 aliphatic rings. The van der Waals surface area contributed by atoms with Crippen LogP contribution in [-0.2, 0) is 30.4 Å². The maximum Gasteiger partial charge on any atom is 0.407 e. The van der Waals surface area contributed by atoms with Crippen molar-refractivity contribution in [1.82, 2.24) is 21.5 Å². The molecule has 1 aromatic carbocycles. The summed E-state index contributed by atoms with van der Waals surface area (Å²) in [5.74, 6) is -0.933. The predicted octanol–water partition coefficient (Wildman–Crippen LogP) is 2.16. The van der Waals surface area contributed by atoms with Crippen LogP contribution in [0.2, 0.25) is 0 Å². The summed E-state index contributed by atoms with van der Waals surface area (Å²) in [7, 11) is 0. The number of rotatable bonds is 13. The van der Waals surface area contributed by atoms with E-state index in [9.17, 15) is 19.2 Å². The summed E-state index contributed by atoms with van der Waals surface area (Å²) >= 11 is 0. The zero-order valence-electron chi connectivity index (χ0n) is 20.3. The minimum Gasteiger partial charge on any atom is -0.465 e. The lowest BCUT2D eigenvalue weighted by Gasteiger charge is -2.23. The molecule has 1 rings (SSSR count). The molecule has 11 heteroatoms. The third-order valence-corrected chi connectivity index (χ3v) is 4.13. The Labute approximate surface area is 200 Å². The maximum atomic E-state index is 12.2. The van der Waals surface area contributed by atoms with Crippen LogP contribution in [-0.4, -0.2) is 55.4 Å². The second kappa shape index (κ2) is 15.5. The van der Waals surface area contributed by atoms with Gasteiger partial charge in [-0.3, -0.25) is 15.0 Å². The van der Waals surface area contributed by atoms with Crippen molar-refractivity contribution in [2.45, 2.75) is 65.2 Å². The lowest BCUT2D eigenvalue weighted by molar-refractivity contribution is -0.142. The van der Waals surface area contributed by atoms with Crippen LogP contribution in [0.4, 0.5) is 9.59 Å². The quantitative estimate of drug-likeness (QED) is 0.146. The minimum atomic E-state index is -0.692. The van der Waals surface area contributed by atoms with Gasteiger partial charge in [-0.1, -0.05) is 30.3 Å². The fourth-order valence-corrected chi connectivity index (χ4v) is 2.71. The van der Waals surface area contributed by atoms with Crippen LogP contribution in [0.3, 0.4) is 0 Å².